The van der Waals surface area contributed by atoms with Gasteiger partial charge in [-0.05, 0) is 61.7 Å². The number of methoxy groups -OCH3 is 1. The van der Waals surface area contributed by atoms with Gasteiger partial charge >= 0.3 is 0 Å². The Labute approximate surface area is 220 Å². The molecule has 1 heterocycles. The number of benzene rings is 3. The van der Waals surface area contributed by atoms with Crippen molar-refractivity contribution < 1.29 is 28.2 Å². The summed E-state index contributed by atoms with van der Waals surface area (Å²) >= 11 is 0. The van der Waals surface area contributed by atoms with Gasteiger partial charge in [0.25, 0.3) is 5.91 Å². The molecule has 1 N–H and O–H groups in total. The van der Waals surface area contributed by atoms with E-state index < -0.39 is 11.7 Å². The number of para-hydroxylation sites is 1. The molecule has 196 valence electrons. The summed E-state index contributed by atoms with van der Waals surface area (Å²) in [5, 5.41) is 10.5. The Balaban J connectivity index is 1.16. The number of aromatic nitrogens is 2. The smallest absolute Gasteiger partial charge is 0.287 e. The normalized spacial score (nSPS) is 10.6. The van der Waals surface area contributed by atoms with E-state index in [1.165, 1.54) is 0 Å². The summed E-state index contributed by atoms with van der Waals surface area (Å²) in [6.07, 6.45) is 2.30. The fraction of sp³-hybridized carbons (Fsp3) is 0.241. The second kappa shape index (κ2) is 13.6. The van der Waals surface area contributed by atoms with Gasteiger partial charge in [-0.15, -0.1) is 10.2 Å². The Morgan fingerprint density at radius 2 is 1.58 bits per heavy atom. The fourth-order valence-electron chi connectivity index (χ4n) is 3.57. The van der Waals surface area contributed by atoms with Crippen LogP contribution in [-0.2, 0) is 16.1 Å². The first-order valence-corrected chi connectivity index (χ1v) is 12.3. The zero-order valence-corrected chi connectivity index (χ0v) is 21.1. The Morgan fingerprint density at radius 1 is 0.816 bits per heavy atom. The van der Waals surface area contributed by atoms with Crippen LogP contribution in [0.3, 0.4) is 0 Å². The highest BCUT2D eigenvalue weighted by atomic mass is 16.5. The molecule has 0 spiro atoms. The third-order valence-corrected chi connectivity index (χ3v) is 5.54. The van der Waals surface area contributed by atoms with E-state index in [0.29, 0.717) is 30.1 Å². The maximum absolute atomic E-state index is 12.2. The standard InChI is InChI=1S/C29H29N3O6/c1-35-23-13-9-14-24(19-23)36-17-7-3-6-16-26(33)28(34)30-20-27-31-32-29(38-27)21-10-8-15-25(18-21)37-22-11-4-2-5-12-22/h2,4-5,8-15,18-19H,3,6-7,16-17,20H2,1H3,(H,30,34). The number of ether oxygens (including phenoxy) is 3. The topological polar surface area (TPSA) is 113 Å². The number of nitrogens with one attached hydrogen (secondary N) is 1. The lowest BCUT2D eigenvalue weighted by Gasteiger charge is -2.07. The Hall–Kier alpha value is -4.66. The van der Waals surface area contributed by atoms with Gasteiger partial charge in [0, 0.05) is 18.1 Å². The second-order valence-corrected chi connectivity index (χ2v) is 8.39. The predicted octanol–water partition coefficient (Wildman–Crippen LogP) is 5.36. The van der Waals surface area contributed by atoms with Crippen molar-refractivity contribution in [2.45, 2.75) is 32.2 Å². The molecule has 0 atom stereocenters. The molecule has 0 saturated heterocycles. The molecule has 0 saturated carbocycles. The lowest BCUT2D eigenvalue weighted by atomic mass is 10.1. The zero-order chi connectivity index (χ0) is 26.6. The van der Waals surface area contributed by atoms with E-state index in [4.69, 9.17) is 18.6 Å². The summed E-state index contributed by atoms with van der Waals surface area (Å²) in [5.74, 6) is 2.14. The van der Waals surface area contributed by atoms with Crippen molar-refractivity contribution in [3.8, 4) is 34.5 Å². The van der Waals surface area contributed by atoms with Crippen LogP contribution in [0.2, 0.25) is 0 Å². The summed E-state index contributed by atoms with van der Waals surface area (Å²) in [4.78, 5) is 24.3. The quantitative estimate of drug-likeness (QED) is 0.176. The molecule has 4 aromatic rings. The van der Waals surface area contributed by atoms with Crippen molar-refractivity contribution in [2.24, 2.45) is 0 Å². The molecule has 0 bridgehead atoms. The van der Waals surface area contributed by atoms with Crippen LogP contribution < -0.4 is 19.5 Å². The van der Waals surface area contributed by atoms with Crippen LogP contribution in [0.15, 0.2) is 83.3 Å². The third-order valence-electron chi connectivity index (χ3n) is 5.54. The maximum atomic E-state index is 12.2. The largest absolute Gasteiger partial charge is 0.497 e. The molecule has 0 radical (unpaired) electrons. The van der Waals surface area contributed by atoms with Gasteiger partial charge in [-0.3, -0.25) is 9.59 Å². The molecule has 0 fully saturated rings. The summed E-state index contributed by atoms with van der Waals surface area (Å²) in [6.45, 7) is 0.487. The van der Waals surface area contributed by atoms with Crippen LogP contribution in [0.5, 0.6) is 23.0 Å². The number of hydrogen-bond donors (Lipinski definition) is 1. The number of amides is 1. The first-order chi connectivity index (χ1) is 18.6. The molecular weight excluding hydrogens is 486 g/mol. The molecular formula is C29H29N3O6. The van der Waals surface area contributed by atoms with Crippen LogP contribution >= 0.6 is 0 Å². The number of rotatable bonds is 14. The minimum atomic E-state index is -0.671. The van der Waals surface area contributed by atoms with E-state index in [9.17, 15) is 9.59 Å². The fourth-order valence-corrected chi connectivity index (χ4v) is 3.57. The van der Waals surface area contributed by atoms with Crippen molar-refractivity contribution in [1.82, 2.24) is 15.5 Å². The summed E-state index contributed by atoms with van der Waals surface area (Å²) < 4.78 is 22.3. The van der Waals surface area contributed by atoms with E-state index in [-0.39, 0.29) is 24.7 Å². The van der Waals surface area contributed by atoms with Crippen molar-refractivity contribution in [3.63, 3.8) is 0 Å². The Kier molecular flexibility index (Phi) is 9.45. The number of nitrogens with zero attached hydrogens (tertiary/aromatic N) is 2. The minimum absolute atomic E-state index is 0.0356. The number of ketones is 1. The van der Waals surface area contributed by atoms with Crippen LogP contribution in [0.25, 0.3) is 11.5 Å². The molecule has 3 aromatic carbocycles. The van der Waals surface area contributed by atoms with E-state index in [0.717, 1.165) is 24.3 Å². The van der Waals surface area contributed by atoms with Gasteiger partial charge in [0.15, 0.2) is 0 Å². The van der Waals surface area contributed by atoms with Crippen LogP contribution in [0.1, 0.15) is 31.6 Å². The van der Waals surface area contributed by atoms with Gasteiger partial charge in [0.05, 0.1) is 20.3 Å². The lowest BCUT2D eigenvalue weighted by molar-refractivity contribution is -0.138. The summed E-state index contributed by atoms with van der Waals surface area (Å²) in [6, 6.07) is 24.1. The highest BCUT2D eigenvalue weighted by molar-refractivity contribution is 6.36. The van der Waals surface area contributed by atoms with E-state index in [2.05, 4.69) is 15.5 Å². The van der Waals surface area contributed by atoms with Crippen molar-refractivity contribution in [3.05, 3.63) is 84.8 Å². The average molecular weight is 516 g/mol. The molecule has 0 aliphatic heterocycles. The number of unbranched alkanes of at least 4 members (excludes halogenated alkanes) is 2. The first kappa shape index (κ1) is 26.4. The average Bonchev–Trinajstić information content (AvgIpc) is 3.43. The number of hydrogen-bond acceptors (Lipinski definition) is 8. The van der Waals surface area contributed by atoms with Gasteiger partial charge in [-0.25, -0.2) is 0 Å². The Morgan fingerprint density at radius 3 is 2.42 bits per heavy atom. The highest BCUT2D eigenvalue weighted by Gasteiger charge is 2.15. The van der Waals surface area contributed by atoms with E-state index >= 15 is 0 Å². The molecule has 1 amide bonds. The van der Waals surface area contributed by atoms with Gasteiger partial charge < -0.3 is 23.9 Å². The van der Waals surface area contributed by atoms with Gasteiger partial charge in [-0.2, -0.15) is 0 Å². The molecule has 4 rings (SSSR count). The van der Waals surface area contributed by atoms with Gasteiger partial charge in [-0.1, -0.05) is 30.3 Å². The second-order valence-electron chi connectivity index (χ2n) is 8.39. The van der Waals surface area contributed by atoms with Gasteiger partial charge in [0.2, 0.25) is 17.6 Å². The maximum Gasteiger partial charge on any atom is 0.287 e. The summed E-state index contributed by atoms with van der Waals surface area (Å²) in [5.41, 5.74) is 0.676. The third kappa shape index (κ3) is 7.92. The van der Waals surface area contributed by atoms with Crippen molar-refractivity contribution in [1.29, 1.82) is 0 Å². The van der Waals surface area contributed by atoms with Crippen LogP contribution in [-0.4, -0.2) is 35.6 Å². The molecule has 0 aliphatic rings. The molecule has 38 heavy (non-hydrogen) atoms. The van der Waals surface area contributed by atoms with Crippen molar-refractivity contribution >= 4 is 11.7 Å². The van der Waals surface area contributed by atoms with E-state index in [1.807, 2.05) is 72.8 Å². The van der Waals surface area contributed by atoms with Gasteiger partial charge in [0.1, 0.15) is 23.0 Å². The summed E-state index contributed by atoms with van der Waals surface area (Å²) in [7, 11) is 1.61. The number of carbonyl (C=O) groups excluding carboxylic acids is 2. The monoisotopic (exact) mass is 515 g/mol. The lowest BCUT2D eigenvalue weighted by Crippen LogP contribution is -2.30. The molecule has 0 unspecified atom stereocenters. The predicted molar refractivity (Wildman–Crippen MR) is 140 cm³/mol. The first-order valence-electron chi connectivity index (χ1n) is 12.3. The molecule has 0 aliphatic carbocycles. The van der Waals surface area contributed by atoms with Crippen LogP contribution in [0.4, 0.5) is 0 Å². The van der Waals surface area contributed by atoms with Crippen molar-refractivity contribution in [2.75, 3.05) is 13.7 Å². The van der Waals surface area contributed by atoms with E-state index in [1.54, 1.807) is 13.2 Å². The number of carbonyl (C=O) groups is 2. The number of Topliss-reactive ketones (excluding diaryl/α,β-unsaturated/α-hetero) is 1. The molecule has 1 aromatic heterocycles. The highest BCUT2D eigenvalue weighted by Crippen LogP contribution is 2.26. The minimum Gasteiger partial charge on any atom is -0.497 e. The molecule has 9 heteroatoms. The van der Waals surface area contributed by atoms with Crippen LogP contribution in [0, 0.1) is 0 Å². The SMILES string of the molecule is COc1cccc(OCCCCCC(=O)C(=O)NCc2nnc(-c3cccc(Oc4ccccc4)c3)o2)c1. The Bertz CT molecular complexity index is 1340. The zero-order valence-electron chi connectivity index (χ0n) is 21.1. The molecule has 9 nitrogen and oxygen atoms in total.